The van der Waals surface area contributed by atoms with Gasteiger partial charge < -0.3 is 23.4 Å². The molecule has 0 aliphatic carbocycles. The molecule has 0 spiro atoms. The highest BCUT2D eigenvalue weighted by Crippen LogP contribution is 2.42. The zero-order valence-electron chi connectivity index (χ0n) is 19.7. The fraction of sp³-hybridized carbons (Fsp3) is 0.269. The fourth-order valence-electron chi connectivity index (χ4n) is 3.62. The average molecular weight is 479 g/mol. The van der Waals surface area contributed by atoms with Gasteiger partial charge in [-0.05, 0) is 30.2 Å². The van der Waals surface area contributed by atoms with Gasteiger partial charge in [-0.2, -0.15) is 0 Å². The van der Waals surface area contributed by atoms with Crippen LogP contribution in [0.25, 0.3) is 12.2 Å². The van der Waals surface area contributed by atoms with E-state index in [1.807, 2.05) is 43.3 Å². The standard InChI is InChI=1S/C26H26N2O7/c1-4-12-28-25(29)23(35-26(28)30)18-13-20(31-2)24(21(14-18)32-3)34-16-19-15-33-22(27-19)11-10-17-8-6-5-7-9-17/h5-11,13-15,23H,4,12,16H2,1-3H3. The highest BCUT2D eigenvalue weighted by Gasteiger charge is 2.41. The lowest BCUT2D eigenvalue weighted by atomic mass is 10.1. The Bertz CT molecular complexity index is 1190. The number of ether oxygens (including phenoxy) is 4. The summed E-state index contributed by atoms with van der Waals surface area (Å²) in [5.41, 5.74) is 2.03. The molecule has 1 fully saturated rings. The zero-order valence-corrected chi connectivity index (χ0v) is 19.7. The van der Waals surface area contributed by atoms with E-state index < -0.39 is 18.1 Å². The van der Waals surface area contributed by atoms with Crippen LogP contribution in [-0.4, -0.2) is 42.6 Å². The minimum Gasteiger partial charge on any atom is -0.493 e. The Labute approximate surface area is 202 Å². The van der Waals surface area contributed by atoms with E-state index in [1.54, 1.807) is 18.2 Å². The van der Waals surface area contributed by atoms with Crippen LogP contribution in [0.4, 0.5) is 4.79 Å². The number of benzene rings is 2. The molecule has 2 aromatic carbocycles. The first kappa shape index (κ1) is 23.9. The number of rotatable bonds is 10. The van der Waals surface area contributed by atoms with Crippen molar-refractivity contribution in [1.82, 2.24) is 9.88 Å². The number of imide groups is 1. The number of hydrogen-bond donors (Lipinski definition) is 0. The minimum atomic E-state index is -1.07. The number of amides is 2. The van der Waals surface area contributed by atoms with Crippen molar-refractivity contribution >= 4 is 24.2 Å². The van der Waals surface area contributed by atoms with Crippen LogP contribution in [0, 0.1) is 0 Å². The Morgan fingerprint density at radius 2 is 1.77 bits per heavy atom. The Kier molecular flexibility index (Phi) is 7.35. The van der Waals surface area contributed by atoms with Crippen molar-refractivity contribution in [2.24, 2.45) is 0 Å². The number of carbonyl (C=O) groups excluding carboxylic acids is 2. The molecule has 0 N–H and O–H groups in total. The Morgan fingerprint density at radius 1 is 1.06 bits per heavy atom. The summed E-state index contributed by atoms with van der Waals surface area (Å²) in [6, 6.07) is 13.0. The number of aromatic nitrogens is 1. The molecule has 35 heavy (non-hydrogen) atoms. The summed E-state index contributed by atoms with van der Waals surface area (Å²) in [7, 11) is 2.94. The van der Waals surface area contributed by atoms with Gasteiger partial charge in [0.1, 0.15) is 18.6 Å². The number of cyclic esters (lactones) is 1. The lowest BCUT2D eigenvalue weighted by molar-refractivity contribution is -0.129. The third-order valence-electron chi connectivity index (χ3n) is 5.31. The molecule has 1 saturated heterocycles. The molecule has 1 aromatic heterocycles. The molecule has 9 heteroatoms. The summed E-state index contributed by atoms with van der Waals surface area (Å²) in [4.78, 5) is 30.3. The van der Waals surface area contributed by atoms with Gasteiger partial charge in [0.2, 0.25) is 17.7 Å². The van der Waals surface area contributed by atoms with E-state index in [4.69, 9.17) is 23.4 Å². The molecule has 2 amide bonds. The van der Waals surface area contributed by atoms with Crippen LogP contribution in [0.5, 0.6) is 17.2 Å². The molecule has 9 nitrogen and oxygen atoms in total. The van der Waals surface area contributed by atoms with E-state index >= 15 is 0 Å². The first-order valence-electron chi connectivity index (χ1n) is 11.1. The van der Waals surface area contributed by atoms with Crippen LogP contribution >= 0.6 is 0 Å². The van der Waals surface area contributed by atoms with E-state index in [-0.39, 0.29) is 6.61 Å². The van der Waals surface area contributed by atoms with Gasteiger partial charge in [0.05, 0.1) is 14.2 Å². The topological polar surface area (TPSA) is 100 Å². The first-order valence-corrected chi connectivity index (χ1v) is 11.1. The molecule has 4 rings (SSSR count). The predicted octanol–water partition coefficient (Wildman–Crippen LogP) is 4.87. The van der Waals surface area contributed by atoms with E-state index in [2.05, 4.69) is 4.98 Å². The average Bonchev–Trinajstić information content (AvgIpc) is 3.46. The molecule has 0 radical (unpaired) electrons. The summed E-state index contributed by atoms with van der Waals surface area (Å²) in [6.45, 7) is 2.27. The number of carbonyl (C=O) groups is 2. The SMILES string of the molecule is CCCN1C(=O)OC(c2cc(OC)c(OCc3coc(C=Cc4ccccc4)n3)c(OC)c2)C1=O. The van der Waals surface area contributed by atoms with Gasteiger partial charge in [0.15, 0.2) is 11.5 Å². The van der Waals surface area contributed by atoms with E-state index in [9.17, 15) is 9.59 Å². The summed E-state index contributed by atoms with van der Waals surface area (Å²) >= 11 is 0. The molecule has 182 valence electrons. The van der Waals surface area contributed by atoms with Crippen LogP contribution in [0.15, 0.2) is 53.1 Å². The van der Waals surface area contributed by atoms with E-state index in [0.717, 1.165) is 10.5 Å². The quantitative estimate of drug-likeness (QED) is 0.407. The van der Waals surface area contributed by atoms with Gasteiger partial charge >= 0.3 is 6.09 Å². The molecule has 0 bridgehead atoms. The second kappa shape index (κ2) is 10.8. The van der Waals surface area contributed by atoms with Gasteiger partial charge in [-0.1, -0.05) is 37.3 Å². The Balaban J connectivity index is 1.50. The summed E-state index contributed by atoms with van der Waals surface area (Å²) in [5, 5.41) is 0. The van der Waals surface area contributed by atoms with Crippen LogP contribution in [0.3, 0.4) is 0 Å². The van der Waals surface area contributed by atoms with Gasteiger partial charge in [0, 0.05) is 18.2 Å². The van der Waals surface area contributed by atoms with Crippen molar-refractivity contribution in [3.63, 3.8) is 0 Å². The van der Waals surface area contributed by atoms with Crippen molar-refractivity contribution in [3.05, 3.63) is 71.4 Å². The molecule has 1 aliphatic rings. The summed E-state index contributed by atoms with van der Waals surface area (Å²) in [5.74, 6) is 0.994. The third-order valence-corrected chi connectivity index (χ3v) is 5.31. The maximum atomic E-state index is 12.7. The van der Waals surface area contributed by atoms with Crippen LogP contribution in [0.2, 0.25) is 0 Å². The number of methoxy groups -OCH3 is 2. The molecule has 3 aromatic rings. The molecule has 1 atom stereocenters. The monoisotopic (exact) mass is 478 g/mol. The summed E-state index contributed by atoms with van der Waals surface area (Å²) < 4.78 is 27.7. The molecular weight excluding hydrogens is 452 g/mol. The fourth-order valence-corrected chi connectivity index (χ4v) is 3.62. The van der Waals surface area contributed by atoms with Gasteiger partial charge in [-0.15, -0.1) is 0 Å². The van der Waals surface area contributed by atoms with Crippen molar-refractivity contribution in [2.75, 3.05) is 20.8 Å². The normalized spacial score (nSPS) is 15.5. The number of nitrogens with zero attached hydrogens (tertiary/aromatic N) is 2. The molecular formula is C26H26N2O7. The minimum absolute atomic E-state index is 0.0936. The molecule has 2 heterocycles. The third kappa shape index (κ3) is 5.29. The van der Waals surface area contributed by atoms with Crippen LogP contribution in [-0.2, 0) is 16.1 Å². The van der Waals surface area contributed by atoms with Crippen molar-refractivity contribution in [1.29, 1.82) is 0 Å². The lowest BCUT2D eigenvalue weighted by Gasteiger charge is -2.17. The van der Waals surface area contributed by atoms with E-state index in [0.29, 0.717) is 47.4 Å². The summed E-state index contributed by atoms with van der Waals surface area (Å²) in [6.07, 6.45) is 4.09. The second-order valence-corrected chi connectivity index (χ2v) is 7.72. The molecule has 0 saturated carbocycles. The van der Waals surface area contributed by atoms with E-state index in [1.165, 1.54) is 20.5 Å². The molecule has 1 aliphatic heterocycles. The van der Waals surface area contributed by atoms with Crippen molar-refractivity contribution in [3.8, 4) is 17.2 Å². The zero-order chi connectivity index (χ0) is 24.8. The van der Waals surface area contributed by atoms with Crippen molar-refractivity contribution in [2.45, 2.75) is 26.1 Å². The lowest BCUT2D eigenvalue weighted by Crippen LogP contribution is -2.30. The Hall–Kier alpha value is -4.27. The maximum absolute atomic E-state index is 12.7. The highest BCUT2D eigenvalue weighted by atomic mass is 16.6. The van der Waals surface area contributed by atoms with Gasteiger partial charge in [-0.3, -0.25) is 4.79 Å². The second-order valence-electron chi connectivity index (χ2n) is 7.72. The smallest absolute Gasteiger partial charge is 0.417 e. The Morgan fingerprint density at radius 3 is 2.43 bits per heavy atom. The predicted molar refractivity (Wildman–Crippen MR) is 127 cm³/mol. The van der Waals surface area contributed by atoms with Crippen LogP contribution < -0.4 is 14.2 Å². The number of hydrogen-bond acceptors (Lipinski definition) is 8. The number of oxazole rings is 1. The van der Waals surface area contributed by atoms with Crippen molar-refractivity contribution < 1.29 is 33.0 Å². The highest BCUT2D eigenvalue weighted by molar-refractivity contribution is 6.00. The van der Waals surface area contributed by atoms with Gasteiger partial charge in [-0.25, -0.2) is 14.7 Å². The largest absolute Gasteiger partial charge is 0.493 e. The first-order chi connectivity index (χ1) is 17.0. The molecule has 1 unspecified atom stereocenters. The van der Waals surface area contributed by atoms with Gasteiger partial charge in [0.25, 0.3) is 5.91 Å². The van der Waals surface area contributed by atoms with Crippen LogP contribution in [0.1, 0.15) is 42.2 Å². The maximum Gasteiger partial charge on any atom is 0.417 e.